The van der Waals surface area contributed by atoms with Crippen molar-refractivity contribution >= 4 is 34.6 Å². The largest absolute Gasteiger partial charge is 0.378 e. The summed E-state index contributed by atoms with van der Waals surface area (Å²) in [6, 6.07) is 0. The highest BCUT2D eigenvalue weighted by atomic mass is 16.5. The van der Waals surface area contributed by atoms with Crippen LogP contribution in [0.3, 0.4) is 0 Å². The Morgan fingerprint density at radius 2 is 1.71 bits per heavy atom. The van der Waals surface area contributed by atoms with Crippen LogP contribution >= 0.6 is 0 Å². The number of imidazole rings is 1. The number of carbonyl (C=O) groups excluding carboxylic acids is 2. The number of primary amides is 1. The third kappa shape index (κ3) is 5.05. The molecule has 0 radical (unpaired) electrons. The fourth-order valence-electron chi connectivity index (χ4n) is 4.49. The van der Waals surface area contributed by atoms with Crippen LogP contribution in [0.1, 0.15) is 12.8 Å². The fourth-order valence-corrected chi connectivity index (χ4v) is 4.49. The third-order valence-electron chi connectivity index (χ3n) is 6.42. The average molecular weight is 481 g/mol. The molecule has 0 aromatic carbocycles. The summed E-state index contributed by atoms with van der Waals surface area (Å²) in [6.07, 6.45) is 6.14. The van der Waals surface area contributed by atoms with Gasteiger partial charge in [0.2, 0.25) is 11.9 Å². The van der Waals surface area contributed by atoms with Gasteiger partial charge in [0.15, 0.2) is 28.6 Å². The van der Waals surface area contributed by atoms with Crippen molar-refractivity contribution < 1.29 is 14.3 Å². The Morgan fingerprint density at radius 3 is 2.40 bits per heavy atom. The SMILES string of the molecule is NC(=O)C1CCN(CC(=O)Cn2cnc3c(N4CCOCC4)nc(-c4cnc(N)nc4)nc32)CC1. The molecule has 1 amide bonds. The van der Waals surface area contributed by atoms with Gasteiger partial charge in [-0.1, -0.05) is 0 Å². The molecule has 13 nitrogen and oxygen atoms in total. The maximum absolute atomic E-state index is 12.9. The van der Waals surface area contributed by atoms with Gasteiger partial charge in [-0.2, -0.15) is 0 Å². The first-order valence-corrected chi connectivity index (χ1v) is 11.6. The average Bonchev–Trinajstić information content (AvgIpc) is 3.27. The first kappa shape index (κ1) is 23.1. The molecule has 0 spiro atoms. The van der Waals surface area contributed by atoms with E-state index < -0.39 is 0 Å². The lowest BCUT2D eigenvalue weighted by Gasteiger charge is -2.29. The van der Waals surface area contributed by atoms with Crippen molar-refractivity contribution in [3.05, 3.63) is 18.7 Å². The molecule has 4 N–H and O–H groups in total. The molecule has 3 aromatic rings. The smallest absolute Gasteiger partial charge is 0.220 e. The van der Waals surface area contributed by atoms with Crippen molar-refractivity contribution in [2.75, 3.05) is 56.6 Å². The Hall–Kier alpha value is -3.71. The number of nitrogen functional groups attached to an aromatic ring is 1. The minimum atomic E-state index is -0.265. The van der Waals surface area contributed by atoms with E-state index in [-0.39, 0.29) is 30.1 Å². The zero-order chi connectivity index (χ0) is 24.4. The predicted octanol–water partition coefficient (Wildman–Crippen LogP) is -0.531. The Kier molecular flexibility index (Phi) is 6.51. The van der Waals surface area contributed by atoms with E-state index in [2.05, 4.69) is 24.8 Å². The number of hydrogen-bond donors (Lipinski definition) is 2. The zero-order valence-corrected chi connectivity index (χ0v) is 19.3. The number of likely N-dealkylation sites (tertiary alicyclic amines) is 1. The van der Waals surface area contributed by atoms with E-state index in [1.165, 1.54) is 0 Å². The van der Waals surface area contributed by atoms with Crippen LogP contribution in [0.25, 0.3) is 22.6 Å². The molecule has 0 bridgehead atoms. The number of amides is 1. The summed E-state index contributed by atoms with van der Waals surface area (Å²) in [6.45, 7) is 4.32. The summed E-state index contributed by atoms with van der Waals surface area (Å²) < 4.78 is 7.24. The molecule has 0 unspecified atom stereocenters. The number of ketones is 1. The predicted molar refractivity (Wildman–Crippen MR) is 127 cm³/mol. The summed E-state index contributed by atoms with van der Waals surface area (Å²) >= 11 is 0. The molecule has 2 fully saturated rings. The number of rotatable bonds is 7. The van der Waals surface area contributed by atoms with Crippen LogP contribution in [0.2, 0.25) is 0 Å². The van der Waals surface area contributed by atoms with E-state index in [1.807, 2.05) is 0 Å². The van der Waals surface area contributed by atoms with Gasteiger partial charge in [0.05, 0.1) is 38.2 Å². The minimum absolute atomic E-state index is 0.0331. The molecule has 3 aromatic heterocycles. The van der Waals surface area contributed by atoms with Gasteiger partial charge in [-0.25, -0.2) is 24.9 Å². The monoisotopic (exact) mass is 480 g/mol. The highest BCUT2D eigenvalue weighted by Crippen LogP contribution is 2.27. The molecule has 2 aliphatic rings. The van der Waals surface area contributed by atoms with Crippen molar-refractivity contribution in [3.63, 3.8) is 0 Å². The van der Waals surface area contributed by atoms with Gasteiger partial charge in [-0.05, 0) is 25.9 Å². The van der Waals surface area contributed by atoms with Crippen LogP contribution < -0.4 is 16.4 Å². The number of piperidine rings is 1. The summed E-state index contributed by atoms with van der Waals surface area (Å²) in [5, 5.41) is 0. The normalized spacial score (nSPS) is 17.7. The number of hydrogen-bond acceptors (Lipinski definition) is 11. The standard InChI is InChI=1S/C22H28N10O3/c23-18(34)14-1-3-30(4-2-14)11-16(33)12-32-13-27-17-20(31-5-7-35-8-6-31)28-19(29-21(17)32)15-9-25-22(24)26-10-15/h9-10,13-14H,1-8,11-12H2,(H2,23,34)(H2,24,25,26). The van der Waals surface area contributed by atoms with Crippen molar-refractivity contribution in [2.45, 2.75) is 19.4 Å². The van der Waals surface area contributed by atoms with Crippen LogP contribution in [-0.2, 0) is 20.9 Å². The Bertz CT molecular complexity index is 1210. The highest BCUT2D eigenvalue weighted by Gasteiger charge is 2.25. The molecular weight excluding hydrogens is 452 g/mol. The number of morpholine rings is 1. The summed E-state index contributed by atoms with van der Waals surface area (Å²) in [7, 11) is 0. The van der Waals surface area contributed by atoms with E-state index in [1.54, 1.807) is 23.3 Å². The van der Waals surface area contributed by atoms with Gasteiger partial charge in [0, 0.05) is 31.4 Å². The van der Waals surface area contributed by atoms with Crippen LogP contribution in [0.4, 0.5) is 11.8 Å². The number of anilines is 2. The lowest BCUT2D eigenvalue weighted by atomic mass is 9.96. The van der Waals surface area contributed by atoms with Crippen molar-refractivity contribution in [2.24, 2.45) is 11.7 Å². The molecule has 184 valence electrons. The molecule has 5 heterocycles. The molecule has 2 saturated heterocycles. The Balaban J connectivity index is 1.40. The first-order valence-electron chi connectivity index (χ1n) is 11.6. The second-order valence-electron chi connectivity index (χ2n) is 8.84. The molecular formula is C22H28N10O3. The maximum atomic E-state index is 12.9. The maximum Gasteiger partial charge on any atom is 0.220 e. The number of nitrogens with zero attached hydrogens (tertiary/aromatic N) is 8. The second kappa shape index (κ2) is 9.88. The molecule has 2 aliphatic heterocycles. The van der Waals surface area contributed by atoms with Crippen LogP contribution in [-0.4, -0.2) is 92.0 Å². The fraction of sp³-hybridized carbons (Fsp3) is 0.500. The molecule has 0 atom stereocenters. The Morgan fingerprint density at radius 1 is 1.00 bits per heavy atom. The topological polar surface area (TPSA) is 171 Å². The highest BCUT2D eigenvalue weighted by molar-refractivity contribution is 5.88. The van der Waals surface area contributed by atoms with Crippen molar-refractivity contribution in [1.29, 1.82) is 0 Å². The summed E-state index contributed by atoms with van der Waals surface area (Å²) in [5.41, 5.74) is 12.9. The van der Waals surface area contributed by atoms with E-state index in [9.17, 15) is 9.59 Å². The molecule has 0 aliphatic carbocycles. The number of fused-ring (bicyclic) bond motifs is 1. The molecule has 5 rings (SSSR count). The van der Waals surface area contributed by atoms with Crippen LogP contribution in [0.15, 0.2) is 18.7 Å². The second-order valence-corrected chi connectivity index (χ2v) is 8.84. The van der Waals surface area contributed by atoms with Gasteiger partial charge in [0.1, 0.15) is 0 Å². The van der Waals surface area contributed by atoms with E-state index in [4.69, 9.17) is 26.2 Å². The summed E-state index contributed by atoms with van der Waals surface area (Å²) in [4.78, 5) is 50.7. The van der Waals surface area contributed by atoms with Crippen LogP contribution in [0.5, 0.6) is 0 Å². The van der Waals surface area contributed by atoms with Gasteiger partial charge in [0.25, 0.3) is 0 Å². The summed E-state index contributed by atoms with van der Waals surface area (Å²) in [5.74, 6) is 0.944. The van der Waals surface area contributed by atoms with Crippen molar-refractivity contribution in [3.8, 4) is 11.4 Å². The zero-order valence-electron chi connectivity index (χ0n) is 19.3. The number of ether oxygens (including phenoxy) is 1. The number of Topliss-reactive ketones (excluding diaryl/α,β-unsaturated/α-hetero) is 1. The van der Waals surface area contributed by atoms with Gasteiger partial charge in [-0.15, -0.1) is 0 Å². The number of nitrogens with two attached hydrogens (primary N) is 2. The molecule has 13 heteroatoms. The lowest BCUT2D eigenvalue weighted by molar-refractivity contribution is -0.123. The van der Waals surface area contributed by atoms with Crippen LogP contribution in [0, 0.1) is 5.92 Å². The minimum Gasteiger partial charge on any atom is -0.378 e. The van der Waals surface area contributed by atoms with E-state index in [0.717, 1.165) is 0 Å². The third-order valence-corrected chi connectivity index (χ3v) is 6.42. The van der Waals surface area contributed by atoms with Gasteiger partial charge >= 0.3 is 0 Å². The number of carbonyl (C=O) groups is 2. The molecule has 35 heavy (non-hydrogen) atoms. The quantitative estimate of drug-likeness (QED) is 0.445. The molecule has 0 saturated carbocycles. The van der Waals surface area contributed by atoms with Crippen molar-refractivity contribution in [1.82, 2.24) is 34.4 Å². The van der Waals surface area contributed by atoms with Gasteiger partial charge in [-0.3, -0.25) is 14.5 Å². The van der Waals surface area contributed by atoms with E-state index in [0.29, 0.717) is 87.1 Å². The van der Waals surface area contributed by atoms with Gasteiger partial charge < -0.3 is 25.7 Å². The first-order chi connectivity index (χ1) is 17.0. The lowest BCUT2D eigenvalue weighted by Crippen LogP contribution is -2.41. The number of aromatic nitrogens is 6. The van der Waals surface area contributed by atoms with E-state index >= 15 is 0 Å². The Labute approximate surface area is 201 Å².